The van der Waals surface area contributed by atoms with Gasteiger partial charge in [0.2, 0.25) is 0 Å². The minimum Gasteiger partial charge on any atom is -0.462 e. The lowest BCUT2D eigenvalue weighted by atomic mass is 10.1. The van der Waals surface area contributed by atoms with Gasteiger partial charge in [0.15, 0.2) is 6.10 Å². The number of rotatable bonds is 41. The molecule has 326 valence electrons. The zero-order chi connectivity index (χ0) is 41.5. The molecule has 57 heavy (non-hydrogen) atoms. The Morgan fingerprint density at radius 3 is 1.07 bits per heavy atom. The van der Waals surface area contributed by atoms with E-state index in [2.05, 4.69) is 93.7 Å². The molecule has 0 N–H and O–H groups in total. The van der Waals surface area contributed by atoms with E-state index < -0.39 is 6.10 Å². The van der Waals surface area contributed by atoms with E-state index in [-0.39, 0.29) is 31.1 Å². The summed E-state index contributed by atoms with van der Waals surface area (Å²) in [7, 11) is 0. The van der Waals surface area contributed by atoms with Crippen LogP contribution in [0.15, 0.2) is 72.9 Å². The lowest BCUT2D eigenvalue weighted by molar-refractivity contribution is -0.167. The fourth-order valence-corrected chi connectivity index (χ4v) is 6.21. The van der Waals surface area contributed by atoms with Crippen molar-refractivity contribution in [1.29, 1.82) is 0 Å². The van der Waals surface area contributed by atoms with E-state index in [9.17, 15) is 14.4 Å². The smallest absolute Gasteiger partial charge is 0.306 e. The molecular formula is C51H86O6. The van der Waals surface area contributed by atoms with Gasteiger partial charge in [0.05, 0.1) is 0 Å². The molecule has 0 aliphatic heterocycles. The topological polar surface area (TPSA) is 78.9 Å². The molecule has 0 spiro atoms. The lowest BCUT2D eigenvalue weighted by Gasteiger charge is -2.18. The van der Waals surface area contributed by atoms with Gasteiger partial charge in [-0.2, -0.15) is 0 Å². The fraction of sp³-hybridized carbons (Fsp3) is 0.706. The van der Waals surface area contributed by atoms with Gasteiger partial charge in [0.25, 0.3) is 0 Å². The number of esters is 3. The third-order valence-electron chi connectivity index (χ3n) is 9.73. The first-order valence-corrected chi connectivity index (χ1v) is 23.4. The Balaban J connectivity index is 4.14. The van der Waals surface area contributed by atoms with Crippen molar-refractivity contribution in [3.8, 4) is 0 Å². The molecule has 0 bridgehead atoms. The van der Waals surface area contributed by atoms with Crippen LogP contribution in [-0.2, 0) is 28.6 Å². The van der Waals surface area contributed by atoms with Crippen molar-refractivity contribution in [3.63, 3.8) is 0 Å². The largest absolute Gasteiger partial charge is 0.462 e. The standard InChI is InChI=1S/C51H86O6/c1-4-7-10-13-16-17-18-19-20-21-22-23-24-25-26-27-28-29-30-31-32-33-36-38-41-44-50(53)56-47-48(57-51(54)45-42-39-35-15-12-9-6-3)46-55-49(52)43-40-37-34-14-11-8-5-2/h7,10,16-17,19-20,22-23,25-26,28-29,48H,4-6,8-9,11-15,18,21,24,27,30-47H2,1-3H3/b10-7-,17-16-,20-19-,23-22-,26-25-,29-28-. The Labute approximate surface area is 351 Å². The highest BCUT2D eigenvalue weighted by atomic mass is 16.6. The van der Waals surface area contributed by atoms with E-state index in [1.54, 1.807) is 0 Å². The summed E-state index contributed by atoms with van der Waals surface area (Å²) in [6.07, 6.45) is 56.3. The predicted molar refractivity (Wildman–Crippen MR) is 242 cm³/mol. The molecule has 0 fully saturated rings. The van der Waals surface area contributed by atoms with Crippen LogP contribution >= 0.6 is 0 Å². The first kappa shape index (κ1) is 53.9. The molecule has 0 amide bonds. The summed E-state index contributed by atoms with van der Waals surface area (Å²) >= 11 is 0. The monoisotopic (exact) mass is 795 g/mol. The van der Waals surface area contributed by atoms with Crippen LogP contribution in [0.1, 0.15) is 213 Å². The summed E-state index contributed by atoms with van der Waals surface area (Å²) in [6, 6.07) is 0. The van der Waals surface area contributed by atoms with E-state index in [1.165, 1.54) is 70.6 Å². The molecule has 1 unspecified atom stereocenters. The van der Waals surface area contributed by atoms with Gasteiger partial charge in [-0.05, 0) is 70.6 Å². The fourth-order valence-electron chi connectivity index (χ4n) is 6.21. The molecule has 1 atom stereocenters. The van der Waals surface area contributed by atoms with Crippen molar-refractivity contribution in [2.45, 2.75) is 219 Å². The van der Waals surface area contributed by atoms with Crippen molar-refractivity contribution in [2.24, 2.45) is 0 Å². The van der Waals surface area contributed by atoms with Crippen LogP contribution in [0, 0.1) is 0 Å². The van der Waals surface area contributed by atoms with Crippen LogP contribution < -0.4 is 0 Å². The zero-order valence-corrected chi connectivity index (χ0v) is 37.1. The highest BCUT2D eigenvalue weighted by Gasteiger charge is 2.19. The van der Waals surface area contributed by atoms with Crippen molar-refractivity contribution in [3.05, 3.63) is 72.9 Å². The second-order valence-corrected chi connectivity index (χ2v) is 15.3. The Morgan fingerprint density at radius 2 is 0.684 bits per heavy atom. The number of allylic oxidation sites excluding steroid dienone is 12. The van der Waals surface area contributed by atoms with E-state index in [0.717, 1.165) is 103 Å². The number of hydrogen-bond donors (Lipinski definition) is 0. The van der Waals surface area contributed by atoms with Gasteiger partial charge in [-0.1, -0.05) is 196 Å². The quantitative estimate of drug-likeness (QED) is 0.0265. The van der Waals surface area contributed by atoms with Crippen LogP contribution in [-0.4, -0.2) is 37.2 Å². The van der Waals surface area contributed by atoms with E-state index >= 15 is 0 Å². The maximum Gasteiger partial charge on any atom is 0.306 e. The minimum absolute atomic E-state index is 0.0794. The maximum absolute atomic E-state index is 12.6. The van der Waals surface area contributed by atoms with Gasteiger partial charge >= 0.3 is 17.9 Å². The van der Waals surface area contributed by atoms with Crippen LogP contribution in [0.2, 0.25) is 0 Å². The molecule has 6 heteroatoms. The normalized spacial score (nSPS) is 12.7. The molecule has 0 saturated heterocycles. The molecule has 0 rings (SSSR count). The number of unbranched alkanes of at least 4 members (excludes halogenated alkanes) is 18. The van der Waals surface area contributed by atoms with Gasteiger partial charge in [0, 0.05) is 19.3 Å². The zero-order valence-electron chi connectivity index (χ0n) is 37.1. The van der Waals surface area contributed by atoms with Gasteiger partial charge in [0.1, 0.15) is 13.2 Å². The first-order valence-electron chi connectivity index (χ1n) is 23.4. The van der Waals surface area contributed by atoms with Gasteiger partial charge in [-0.3, -0.25) is 14.4 Å². The van der Waals surface area contributed by atoms with Crippen LogP contribution in [0.5, 0.6) is 0 Å². The first-order chi connectivity index (χ1) is 28.0. The summed E-state index contributed by atoms with van der Waals surface area (Å²) in [6.45, 7) is 6.40. The second kappa shape index (κ2) is 45.6. The predicted octanol–water partition coefficient (Wildman–Crippen LogP) is 15.1. The highest BCUT2D eigenvalue weighted by Crippen LogP contribution is 2.13. The Hall–Kier alpha value is -3.15. The Bertz CT molecular complexity index is 1100. The van der Waals surface area contributed by atoms with Crippen molar-refractivity contribution in [2.75, 3.05) is 13.2 Å². The van der Waals surface area contributed by atoms with Gasteiger partial charge in [-0.25, -0.2) is 0 Å². The molecule has 0 heterocycles. The van der Waals surface area contributed by atoms with Gasteiger partial charge in [-0.15, -0.1) is 0 Å². The van der Waals surface area contributed by atoms with E-state index in [0.29, 0.717) is 19.3 Å². The van der Waals surface area contributed by atoms with E-state index in [4.69, 9.17) is 14.2 Å². The second-order valence-electron chi connectivity index (χ2n) is 15.3. The molecule has 0 aliphatic carbocycles. The number of ether oxygens (including phenoxy) is 3. The number of carbonyl (C=O) groups excluding carboxylic acids is 3. The van der Waals surface area contributed by atoms with Crippen LogP contribution in [0.4, 0.5) is 0 Å². The SMILES string of the molecule is CC/C=C\C/C=C\C/C=C\C/C=C\C/C=C\C/C=C\CCCCCCCCC(=O)OCC(COC(=O)CCCCCCCCC)OC(=O)CCCCCCCCC. The lowest BCUT2D eigenvalue weighted by Crippen LogP contribution is -2.30. The third kappa shape index (κ3) is 43.8. The van der Waals surface area contributed by atoms with Gasteiger partial charge < -0.3 is 14.2 Å². The number of hydrogen-bond acceptors (Lipinski definition) is 6. The van der Waals surface area contributed by atoms with Crippen LogP contribution in [0.25, 0.3) is 0 Å². The Kier molecular flexibility index (Phi) is 43.0. The summed E-state index contributed by atoms with van der Waals surface area (Å²) in [4.78, 5) is 37.4. The number of carbonyl (C=O) groups is 3. The van der Waals surface area contributed by atoms with Crippen molar-refractivity contribution in [1.82, 2.24) is 0 Å². The average molecular weight is 795 g/mol. The highest BCUT2D eigenvalue weighted by molar-refractivity contribution is 5.71. The molecular weight excluding hydrogens is 709 g/mol. The molecule has 6 nitrogen and oxygen atoms in total. The Morgan fingerprint density at radius 1 is 0.368 bits per heavy atom. The van der Waals surface area contributed by atoms with Crippen LogP contribution in [0.3, 0.4) is 0 Å². The molecule has 0 aromatic heterocycles. The molecule has 0 aliphatic rings. The average Bonchev–Trinajstić information content (AvgIpc) is 3.21. The summed E-state index contributed by atoms with van der Waals surface area (Å²) in [5.41, 5.74) is 0. The summed E-state index contributed by atoms with van der Waals surface area (Å²) < 4.78 is 16.6. The van der Waals surface area contributed by atoms with Crippen molar-refractivity contribution < 1.29 is 28.6 Å². The molecule has 0 saturated carbocycles. The third-order valence-corrected chi connectivity index (χ3v) is 9.73. The maximum atomic E-state index is 12.6. The summed E-state index contributed by atoms with van der Waals surface area (Å²) in [5, 5.41) is 0. The molecule has 0 aromatic rings. The molecule has 0 radical (unpaired) electrons. The van der Waals surface area contributed by atoms with E-state index in [1.807, 2.05) is 0 Å². The minimum atomic E-state index is -0.773. The van der Waals surface area contributed by atoms with Crippen molar-refractivity contribution >= 4 is 17.9 Å². The molecule has 0 aromatic carbocycles. The summed E-state index contributed by atoms with van der Waals surface area (Å²) in [5.74, 6) is -0.913.